The summed E-state index contributed by atoms with van der Waals surface area (Å²) < 4.78 is 42.6. The molecule has 0 radical (unpaired) electrons. The summed E-state index contributed by atoms with van der Waals surface area (Å²) in [6.45, 7) is 0.560. The first-order valence-electron chi connectivity index (χ1n) is 5.94. The van der Waals surface area contributed by atoms with Crippen LogP contribution in [0.25, 0.3) is 0 Å². The topological polar surface area (TPSA) is 9.23 Å². The summed E-state index contributed by atoms with van der Waals surface area (Å²) in [4.78, 5) is 0. The summed E-state index contributed by atoms with van der Waals surface area (Å²) in [5, 5.41) is 0.611. The quantitative estimate of drug-likeness (QED) is 0.765. The Balaban J connectivity index is 1.90. The van der Waals surface area contributed by atoms with Crippen molar-refractivity contribution in [3.05, 3.63) is 70.2 Å². The zero-order valence-corrected chi connectivity index (χ0v) is 11.2. The van der Waals surface area contributed by atoms with E-state index in [0.717, 1.165) is 17.7 Å². The molecule has 0 saturated carbocycles. The second-order valence-electron chi connectivity index (χ2n) is 4.28. The minimum absolute atomic E-state index is 0.239. The average Bonchev–Trinajstić information content (AvgIpc) is 2.40. The Morgan fingerprint density at radius 1 is 0.900 bits per heavy atom. The Labute approximate surface area is 119 Å². The zero-order valence-electron chi connectivity index (χ0n) is 10.5. The number of benzene rings is 2. The molecular formula is C15H12ClF3O. The Bertz CT molecular complexity index is 564. The summed E-state index contributed by atoms with van der Waals surface area (Å²) in [5.74, 6) is 0. The number of ether oxygens (including phenoxy) is 1. The van der Waals surface area contributed by atoms with Gasteiger partial charge < -0.3 is 4.74 Å². The third-order valence-corrected chi connectivity index (χ3v) is 3.13. The minimum Gasteiger partial charge on any atom is -0.372 e. The number of hydrogen-bond donors (Lipinski definition) is 0. The summed E-state index contributed by atoms with van der Waals surface area (Å²) in [6, 6.07) is 12.2. The van der Waals surface area contributed by atoms with E-state index in [2.05, 4.69) is 0 Å². The first-order valence-corrected chi connectivity index (χ1v) is 6.32. The van der Waals surface area contributed by atoms with Crippen LogP contribution in [0.5, 0.6) is 0 Å². The van der Waals surface area contributed by atoms with Gasteiger partial charge in [-0.25, -0.2) is 0 Å². The van der Waals surface area contributed by atoms with E-state index in [9.17, 15) is 13.2 Å². The molecule has 0 saturated heterocycles. The van der Waals surface area contributed by atoms with Gasteiger partial charge in [0.15, 0.2) is 0 Å². The molecule has 0 amide bonds. The van der Waals surface area contributed by atoms with E-state index >= 15 is 0 Å². The first-order chi connectivity index (χ1) is 9.47. The van der Waals surface area contributed by atoms with Crippen LogP contribution in [0.3, 0.4) is 0 Å². The predicted octanol–water partition coefficient (Wildman–Crippen LogP) is 5.08. The highest BCUT2D eigenvalue weighted by atomic mass is 35.5. The first kappa shape index (κ1) is 14.9. The van der Waals surface area contributed by atoms with Crippen LogP contribution in [0.2, 0.25) is 5.02 Å². The van der Waals surface area contributed by atoms with Crippen LogP contribution in [0.15, 0.2) is 48.5 Å². The second-order valence-corrected chi connectivity index (χ2v) is 4.69. The molecule has 0 unspecified atom stereocenters. The van der Waals surface area contributed by atoms with Crippen molar-refractivity contribution in [3.63, 3.8) is 0 Å². The molecule has 106 valence electrons. The largest absolute Gasteiger partial charge is 0.416 e. The Hall–Kier alpha value is -1.52. The van der Waals surface area contributed by atoms with Crippen molar-refractivity contribution in [2.24, 2.45) is 0 Å². The van der Waals surface area contributed by atoms with Crippen LogP contribution in [0.4, 0.5) is 13.2 Å². The molecule has 0 bridgehead atoms. The second kappa shape index (κ2) is 6.29. The van der Waals surface area contributed by atoms with Crippen LogP contribution < -0.4 is 0 Å². The minimum atomic E-state index is -4.31. The standard InChI is InChI=1S/C15H12ClF3O/c16-14-4-2-1-3-12(14)10-20-9-11-5-7-13(8-6-11)15(17,18)19/h1-8H,9-10H2. The molecule has 0 aromatic heterocycles. The van der Waals surface area contributed by atoms with Gasteiger partial charge in [0, 0.05) is 5.02 Å². The molecule has 0 fully saturated rings. The van der Waals surface area contributed by atoms with E-state index in [4.69, 9.17) is 16.3 Å². The van der Waals surface area contributed by atoms with E-state index in [1.165, 1.54) is 12.1 Å². The van der Waals surface area contributed by atoms with Gasteiger partial charge in [0.2, 0.25) is 0 Å². The van der Waals surface area contributed by atoms with Crippen molar-refractivity contribution in [3.8, 4) is 0 Å². The van der Waals surface area contributed by atoms with Gasteiger partial charge in [0.05, 0.1) is 18.8 Å². The van der Waals surface area contributed by atoms with Crippen LogP contribution >= 0.6 is 11.6 Å². The fraction of sp³-hybridized carbons (Fsp3) is 0.200. The van der Waals surface area contributed by atoms with E-state index in [-0.39, 0.29) is 6.61 Å². The van der Waals surface area contributed by atoms with Crippen molar-refractivity contribution < 1.29 is 17.9 Å². The lowest BCUT2D eigenvalue weighted by Gasteiger charge is -2.09. The monoisotopic (exact) mass is 300 g/mol. The number of rotatable bonds is 4. The lowest BCUT2D eigenvalue weighted by Crippen LogP contribution is -2.04. The average molecular weight is 301 g/mol. The highest BCUT2D eigenvalue weighted by molar-refractivity contribution is 6.31. The van der Waals surface area contributed by atoms with Crippen LogP contribution in [0.1, 0.15) is 16.7 Å². The smallest absolute Gasteiger partial charge is 0.372 e. The molecule has 0 aliphatic carbocycles. The van der Waals surface area contributed by atoms with Crippen LogP contribution in [-0.4, -0.2) is 0 Å². The van der Waals surface area contributed by atoms with E-state index in [1.807, 2.05) is 18.2 Å². The third kappa shape index (κ3) is 3.99. The molecule has 1 nitrogen and oxygen atoms in total. The Kier molecular flexibility index (Phi) is 4.68. The fourth-order valence-electron chi connectivity index (χ4n) is 1.68. The SMILES string of the molecule is FC(F)(F)c1ccc(COCc2ccccc2Cl)cc1. The summed E-state index contributed by atoms with van der Waals surface area (Å²) in [7, 11) is 0. The summed E-state index contributed by atoms with van der Waals surface area (Å²) >= 11 is 5.97. The normalized spacial score (nSPS) is 11.6. The van der Waals surface area contributed by atoms with Crippen LogP contribution in [0, 0.1) is 0 Å². The van der Waals surface area contributed by atoms with Gasteiger partial charge in [-0.3, -0.25) is 0 Å². The molecule has 0 heterocycles. The number of alkyl halides is 3. The van der Waals surface area contributed by atoms with Crippen LogP contribution in [-0.2, 0) is 24.1 Å². The van der Waals surface area contributed by atoms with Gasteiger partial charge in [0.25, 0.3) is 0 Å². The summed E-state index contributed by atoms with van der Waals surface area (Å²) in [5.41, 5.74) is 0.874. The number of hydrogen-bond acceptors (Lipinski definition) is 1. The lowest BCUT2D eigenvalue weighted by molar-refractivity contribution is -0.137. The molecule has 2 aromatic carbocycles. The van der Waals surface area contributed by atoms with Crippen molar-refractivity contribution in [2.45, 2.75) is 19.4 Å². The van der Waals surface area contributed by atoms with Crippen molar-refractivity contribution in [2.75, 3.05) is 0 Å². The molecule has 20 heavy (non-hydrogen) atoms. The highest BCUT2D eigenvalue weighted by Crippen LogP contribution is 2.29. The maximum atomic E-state index is 12.4. The van der Waals surface area contributed by atoms with Gasteiger partial charge >= 0.3 is 6.18 Å². The zero-order chi connectivity index (χ0) is 14.6. The fourth-order valence-corrected chi connectivity index (χ4v) is 1.87. The van der Waals surface area contributed by atoms with Gasteiger partial charge in [-0.15, -0.1) is 0 Å². The highest BCUT2D eigenvalue weighted by Gasteiger charge is 2.29. The molecule has 0 atom stereocenters. The molecular weight excluding hydrogens is 289 g/mol. The predicted molar refractivity (Wildman–Crippen MR) is 71.4 cm³/mol. The van der Waals surface area contributed by atoms with E-state index in [0.29, 0.717) is 17.2 Å². The molecule has 2 rings (SSSR count). The summed E-state index contributed by atoms with van der Waals surface area (Å²) in [6.07, 6.45) is -4.31. The maximum Gasteiger partial charge on any atom is 0.416 e. The Morgan fingerprint density at radius 3 is 2.15 bits per heavy atom. The number of halogens is 4. The molecule has 2 aromatic rings. The van der Waals surface area contributed by atoms with E-state index in [1.54, 1.807) is 6.07 Å². The van der Waals surface area contributed by atoms with Gasteiger partial charge in [-0.2, -0.15) is 13.2 Å². The molecule has 5 heteroatoms. The van der Waals surface area contributed by atoms with Gasteiger partial charge in [-0.1, -0.05) is 41.9 Å². The van der Waals surface area contributed by atoms with Gasteiger partial charge in [0.1, 0.15) is 0 Å². The van der Waals surface area contributed by atoms with E-state index < -0.39 is 11.7 Å². The molecule has 0 spiro atoms. The van der Waals surface area contributed by atoms with Gasteiger partial charge in [-0.05, 0) is 29.3 Å². The molecule has 0 N–H and O–H groups in total. The van der Waals surface area contributed by atoms with Crippen molar-refractivity contribution in [1.29, 1.82) is 0 Å². The third-order valence-electron chi connectivity index (χ3n) is 2.77. The van der Waals surface area contributed by atoms with Crippen molar-refractivity contribution >= 4 is 11.6 Å². The molecule has 0 aliphatic rings. The lowest BCUT2D eigenvalue weighted by atomic mass is 10.1. The Morgan fingerprint density at radius 2 is 1.55 bits per heavy atom. The molecule has 0 aliphatic heterocycles. The maximum absolute atomic E-state index is 12.4. The van der Waals surface area contributed by atoms with Crippen molar-refractivity contribution in [1.82, 2.24) is 0 Å².